The first kappa shape index (κ1) is 16.8. The number of anilines is 1. The van der Waals surface area contributed by atoms with Crippen LogP contribution >= 0.6 is 0 Å². The number of rotatable bonds is 10. The van der Waals surface area contributed by atoms with Gasteiger partial charge in [0.05, 0.1) is 6.61 Å². The van der Waals surface area contributed by atoms with Crippen molar-refractivity contribution in [1.82, 2.24) is 5.32 Å². The van der Waals surface area contributed by atoms with Crippen LogP contribution in [-0.2, 0) is 0 Å². The Labute approximate surface area is 124 Å². The minimum absolute atomic E-state index is 0.618. The molecule has 20 heavy (non-hydrogen) atoms. The molecule has 1 aromatic carbocycles. The average molecular weight is 278 g/mol. The normalized spacial score (nSPS) is 12.2. The second kappa shape index (κ2) is 9.65. The van der Waals surface area contributed by atoms with E-state index in [-0.39, 0.29) is 0 Å². The van der Waals surface area contributed by atoms with E-state index in [1.54, 1.807) is 0 Å². The molecule has 0 bridgehead atoms. The van der Waals surface area contributed by atoms with Gasteiger partial charge in [0.15, 0.2) is 0 Å². The molecule has 0 fully saturated rings. The summed E-state index contributed by atoms with van der Waals surface area (Å²) in [6.07, 6.45) is 4.76. The smallest absolute Gasteiger partial charge is 0.121 e. The Hall–Kier alpha value is -1.22. The summed E-state index contributed by atoms with van der Waals surface area (Å²) < 4.78 is 5.81. The van der Waals surface area contributed by atoms with Gasteiger partial charge in [0.25, 0.3) is 0 Å². The average Bonchev–Trinajstić information content (AvgIpc) is 2.45. The summed E-state index contributed by atoms with van der Waals surface area (Å²) in [5.41, 5.74) is 1.18. The summed E-state index contributed by atoms with van der Waals surface area (Å²) in [7, 11) is 4.09. The zero-order valence-electron chi connectivity index (χ0n) is 13.5. The van der Waals surface area contributed by atoms with Crippen LogP contribution < -0.4 is 15.0 Å². The van der Waals surface area contributed by atoms with Gasteiger partial charge in [0.1, 0.15) is 5.75 Å². The van der Waals surface area contributed by atoms with Gasteiger partial charge in [-0.15, -0.1) is 0 Å². The molecule has 0 aliphatic heterocycles. The summed E-state index contributed by atoms with van der Waals surface area (Å²) in [5, 5.41) is 3.51. The summed E-state index contributed by atoms with van der Waals surface area (Å²) in [6, 6.07) is 8.87. The largest absolute Gasteiger partial charge is 0.494 e. The van der Waals surface area contributed by atoms with Crippen LogP contribution in [0.5, 0.6) is 5.75 Å². The Balaban J connectivity index is 2.16. The van der Waals surface area contributed by atoms with E-state index in [9.17, 15) is 0 Å². The van der Waals surface area contributed by atoms with Gasteiger partial charge >= 0.3 is 0 Å². The molecule has 0 aliphatic rings. The number of nitrogens with one attached hydrogen (secondary N) is 1. The summed E-state index contributed by atoms with van der Waals surface area (Å²) in [6.45, 7) is 6.39. The molecule has 0 radical (unpaired) electrons. The first-order valence-corrected chi connectivity index (χ1v) is 7.77. The molecule has 1 rings (SSSR count). The van der Waals surface area contributed by atoms with E-state index in [1.165, 1.54) is 24.9 Å². The predicted octanol–water partition coefficient (Wildman–Crippen LogP) is 3.69. The predicted molar refractivity (Wildman–Crippen MR) is 87.9 cm³/mol. The van der Waals surface area contributed by atoms with E-state index in [0.717, 1.165) is 25.3 Å². The van der Waals surface area contributed by atoms with E-state index >= 15 is 0 Å². The van der Waals surface area contributed by atoms with Gasteiger partial charge in [0, 0.05) is 31.9 Å². The van der Waals surface area contributed by atoms with Gasteiger partial charge < -0.3 is 15.0 Å². The lowest BCUT2D eigenvalue weighted by molar-refractivity contribution is 0.301. The minimum Gasteiger partial charge on any atom is -0.494 e. The monoisotopic (exact) mass is 278 g/mol. The first-order valence-electron chi connectivity index (χ1n) is 7.77. The third-order valence-corrected chi connectivity index (χ3v) is 3.38. The van der Waals surface area contributed by atoms with Crippen molar-refractivity contribution in [2.45, 2.75) is 45.6 Å². The van der Waals surface area contributed by atoms with Crippen molar-refractivity contribution in [3.05, 3.63) is 24.3 Å². The third-order valence-electron chi connectivity index (χ3n) is 3.38. The summed E-state index contributed by atoms with van der Waals surface area (Å²) in [4.78, 5) is 2.09. The molecule has 0 aliphatic carbocycles. The molecular formula is C17H30N2O. The van der Waals surface area contributed by atoms with E-state index in [4.69, 9.17) is 4.74 Å². The Bertz CT molecular complexity index is 366. The fourth-order valence-electron chi connectivity index (χ4n) is 2.09. The van der Waals surface area contributed by atoms with Crippen molar-refractivity contribution in [3.8, 4) is 5.75 Å². The lowest BCUT2D eigenvalue weighted by atomic mass is 10.1. The van der Waals surface area contributed by atoms with E-state index in [2.05, 4.69) is 36.2 Å². The van der Waals surface area contributed by atoms with Crippen LogP contribution in [0.1, 0.15) is 39.5 Å². The molecule has 0 amide bonds. The molecule has 0 saturated carbocycles. The highest BCUT2D eigenvalue weighted by molar-refractivity contribution is 5.49. The van der Waals surface area contributed by atoms with E-state index in [0.29, 0.717) is 6.04 Å². The van der Waals surface area contributed by atoms with Crippen molar-refractivity contribution in [3.63, 3.8) is 0 Å². The molecule has 0 heterocycles. The summed E-state index contributed by atoms with van der Waals surface area (Å²) >= 11 is 0. The number of nitrogens with zero attached hydrogens (tertiary/aromatic N) is 1. The second-order valence-corrected chi connectivity index (χ2v) is 5.59. The Morgan fingerprint density at radius 1 is 1.25 bits per heavy atom. The van der Waals surface area contributed by atoms with Crippen molar-refractivity contribution >= 4 is 5.69 Å². The highest BCUT2D eigenvalue weighted by atomic mass is 16.5. The molecule has 1 aromatic rings. The fourth-order valence-corrected chi connectivity index (χ4v) is 2.09. The molecule has 0 saturated heterocycles. The lowest BCUT2D eigenvalue weighted by Gasteiger charge is -2.15. The van der Waals surface area contributed by atoms with Crippen molar-refractivity contribution < 1.29 is 4.74 Å². The van der Waals surface area contributed by atoms with Crippen LogP contribution in [0, 0.1) is 0 Å². The molecule has 0 spiro atoms. The standard InChI is InChI=1S/C17H30N2O/c1-5-12-18-15(2)9-6-7-13-20-17-11-8-10-16(14-17)19(3)4/h8,10-11,14-15,18H,5-7,9,12-13H2,1-4H3. The quantitative estimate of drug-likeness (QED) is 0.661. The maximum Gasteiger partial charge on any atom is 0.121 e. The molecule has 1 unspecified atom stereocenters. The van der Waals surface area contributed by atoms with Crippen molar-refractivity contribution in [2.75, 3.05) is 32.1 Å². The van der Waals surface area contributed by atoms with Crippen molar-refractivity contribution in [1.29, 1.82) is 0 Å². The highest BCUT2D eigenvalue weighted by Gasteiger charge is 2.01. The Morgan fingerprint density at radius 3 is 2.75 bits per heavy atom. The maximum atomic E-state index is 5.81. The number of ether oxygens (including phenoxy) is 1. The van der Waals surface area contributed by atoms with Gasteiger partial charge in [-0.05, 0) is 51.3 Å². The van der Waals surface area contributed by atoms with Crippen molar-refractivity contribution in [2.24, 2.45) is 0 Å². The minimum atomic E-state index is 0.618. The first-order chi connectivity index (χ1) is 9.63. The van der Waals surface area contributed by atoms with Crippen LogP contribution in [0.2, 0.25) is 0 Å². The molecule has 114 valence electrons. The molecule has 3 nitrogen and oxygen atoms in total. The Morgan fingerprint density at radius 2 is 2.05 bits per heavy atom. The maximum absolute atomic E-state index is 5.81. The topological polar surface area (TPSA) is 24.5 Å². The zero-order chi connectivity index (χ0) is 14.8. The van der Waals surface area contributed by atoms with Gasteiger partial charge in [-0.1, -0.05) is 13.0 Å². The van der Waals surface area contributed by atoms with Crippen LogP contribution in [0.25, 0.3) is 0 Å². The molecule has 1 N–H and O–H groups in total. The Kier molecular flexibility index (Phi) is 8.12. The van der Waals surface area contributed by atoms with Gasteiger partial charge in [-0.2, -0.15) is 0 Å². The van der Waals surface area contributed by atoms with E-state index < -0.39 is 0 Å². The second-order valence-electron chi connectivity index (χ2n) is 5.59. The molecule has 3 heteroatoms. The van der Waals surface area contributed by atoms with Gasteiger partial charge in [-0.3, -0.25) is 0 Å². The zero-order valence-corrected chi connectivity index (χ0v) is 13.5. The highest BCUT2D eigenvalue weighted by Crippen LogP contribution is 2.19. The number of benzene rings is 1. The molecule has 1 atom stereocenters. The number of hydrogen-bond acceptors (Lipinski definition) is 3. The lowest BCUT2D eigenvalue weighted by Crippen LogP contribution is -2.26. The fraction of sp³-hybridized carbons (Fsp3) is 0.647. The molecule has 0 aromatic heterocycles. The summed E-state index contributed by atoms with van der Waals surface area (Å²) in [5.74, 6) is 0.966. The molecular weight excluding hydrogens is 248 g/mol. The van der Waals surface area contributed by atoms with Gasteiger partial charge in [-0.25, -0.2) is 0 Å². The van der Waals surface area contributed by atoms with Crippen LogP contribution in [-0.4, -0.2) is 33.3 Å². The van der Waals surface area contributed by atoms with Crippen LogP contribution in [0.4, 0.5) is 5.69 Å². The number of hydrogen-bond donors (Lipinski definition) is 1. The van der Waals surface area contributed by atoms with Crippen LogP contribution in [0.15, 0.2) is 24.3 Å². The number of unbranched alkanes of at least 4 members (excludes halogenated alkanes) is 1. The van der Waals surface area contributed by atoms with Gasteiger partial charge in [0.2, 0.25) is 0 Å². The van der Waals surface area contributed by atoms with Crippen LogP contribution in [0.3, 0.4) is 0 Å². The SMILES string of the molecule is CCCNC(C)CCCCOc1cccc(N(C)C)c1. The van der Waals surface area contributed by atoms with E-state index in [1.807, 2.05) is 26.2 Å². The third kappa shape index (κ3) is 6.80.